The maximum atomic E-state index is 8.89. The van der Waals surface area contributed by atoms with Crippen LogP contribution in [-0.4, -0.2) is 22.6 Å². The first kappa shape index (κ1) is 10.5. The van der Waals surface area contributed by atoms with Gasteiger partial charge in [-0.3, -0.25) is 0 Å². The highest BCUT2D eigenvalue weighted by molar-refractivity contribution is 5.36. The van der Waals surface area contributed by atoms with Crippen LogP contribution in [0.4, 0.5) is 5.95 Å². The van der Waals surface area contributed by atoms with Gasteiger partial charge in [0.1, 0.15) is 11.8 Å². The Morgan fingerprint density at radius 2 is 2.18 bits per heavy atom. The van der Waals surface area contributed by atoms with Crippen LogP contribution in [0.5, 0.6) is 0 Å². The van der Waals surface area contributed by atoms with Crippen LogP contribution in [0, 0.1) is 17.2 Å². The molecule has 1 aliphatic carbocycles. The fraction of sp³-hybridized carbons (Fsp3) is 0.615. The normalized spacial score (nSPS) is 27.6. The molecule has 0 radical (unpaired) electrons. The van der Waals surface area contributed by atoms with E-state index in [1.54, 1.807) is 12.3 Å². The van der Waals surface area contributed by atoms with Gasteiger partial charge in [0.25, 0.3) is 0 Å². The third kappa shape index (κ3) is 1.86. The van der Waals surface area contributed by atoms with Crippen molar-refractivity contribution >= 4 is 5.95 Å². The number of hydrogen-bond donors (Lipinski definition) is 0. The van der Waals surface area contributed by atoms with Crippen molar-refractivity contribution in [3.63, 3.8) is 0 Å². The Morgan fingerprint density at radius 1 is 1.29 bits per heavy atom. The Morgan fingerprint density at radius 3 is 3.06 bits per heavy atom. The summed E-state index contributed by atoms with van der Waals surface area (Å²) in [6, 6.07) is 4.36. The monoisotopic (exact) mass is 228 g/mol. The smallest absolute Gasteiger partial charge is 0.226 e. The molecule has 1 aromatic rings. The predicted molar refractivity (Wildman–Crippen MR) is 64.5 cm³/mol. The van der Waals surface area contributed by atoms with E-state index in [9.17, 15) is 0 Å². The van der Waals surface area contributed by atoms with Crippen LogP contribution in [0.3, 0.4) is 0 Å². The van der Waals surface area contributed by atoms with E-state index in [0.717, 1.165) is 18.4 Å². The summed E-state index contributed by atoms with van der Waals surface area (Å²) in [7, 11) is 0. The van der Waals surface area contributed by atoms with Crippen molar-refractivity contribution in [2.24, 2.45) is 5.92 Å². The molecule has 0 aromatic carbocycles. The zero-order valence-electron chi connectivity index (χ0n) is 9.84. The third-order valence-corrected chi connectivity index (χ3v) is 4.01. The number of nitrogens with zero attached hydrogens (tertiary/aromatic N) is 4. The summed E-state index contributed by atoms with van der Waals surface area (Å²) >= 11 is 0. The zero-order valence-corrected chi connectivity index (χ0v) is 9.84. The molecule has 0 bridgehead atoms. The number of fused-ring (bicyclic) bond motifs is 1. The predicted octanol–water partition coefficient (Wildman–Crippen LogP) is 2.12. The Kier molecular flexibility index (Phi) is 2.68. The minimum Gasteiger partial charge on any atom is -0.338 e. The highest BCUT2D eigenvalue weighted by Crippen LogP contribution is 2.37. The van der Waals surface area contributed by atoms with Crippen molar-refractivity contribution < 1.29 is 0 Å². The summed E-state index contributed by atoms with van der Waals surface area (Å²) in [5.41, 5.74) is 0.468. The summed E-state index contributed by atoms with van der Waals surface area (Å²) in [6.45, 7) is 1.04. The van der Waals surface area contributed by atoms with Crippen LogP contribution in [-0.2, 0) is 0 Å². The van der Waals surface area contributed by atoms with Crippen molar-refractivity contribution in [1.29, 1.82) is 5.26 Å². The van der Waals surface area contributed by atoms with Crippen molar-refractivity contribution in [3.05, 3.63) is 18.0 Å². The number of nitriles is 1. The Balaban J connectivity index is 1.89. The van der Waals surface area contributed by atoms with Crippen molar-refractivity contribution in [2.45, 2.75) is 38.1 Å². The van der Waals surface area contributed by atoms with E-state index < -0.39 is 0 Å². The van der Waals surface area contributed by atoms with Crippen LogP contribution in [0.15, 0.2) is 12.3 Å². The minimum atomic E-state index is 0.468. The SMILES string of the molecule is N#Cc1ccnc(N2CCCC3CCCC32)n1. The molecule has 4 nitrogen and oxygen atoms in total. The van der Waals surface area contributed by atoms with Gasteiger partial charge in [-0.05, 0) is 37.7 Å². The van der Waals surface area contributed by atoms with Gasteiger partial charge in [0.05, 0.1) is 0 Å². The number of rotatable bonds is 1. The van der Waals surface area contributed by atoms with E-state index >= 15 is 0 Å². The van der Waals surface area contributed by atoms with Gasteiger partial charge in [-0.25, -0.2) is 9.97 Å². The molecular formula is C13H16N4. The molecule has 0 spiro atoms. The zero-order chi connectivity index (χ0) is 11.7. The van der Waals surface area contributed by atoms with E-state index in [1.807, 2.05) is 0 Å². The van der Waals surface area contributed by atoms with E-state index in [-0.39, 0.29) is 0 Å². The topological polar surface area (TPSA) is 52.8 Å². The average Bonchev–Trinajstić information content (AvgIpc) is 2.87. The quantitative estimate of drug-likeness (QED) is 0.738. The Hall–Kier alpha value is -1.63. The fourth-order valence-corrected chi connectivity index (χ4v) is 3.25. The number of hydrogen-bond acceptors (Lipinski definition) is 4. The first-order valence-corrected chi connectivity index (χ1v) is 6.38. The van der Waals surface area contributed by atoms with Crippen LogP contribution in [0.2, 0.25) is 0 Å². The van der Waals surface area contributed by atoms with Gasteiger partial charge in [-0.1, -0.05) is 6.42 Å². The lowest BCUT2D eigenvalue weighted by Crippen LogP contribution is -2.43. The summed E-state index contributed by atoms with van der Waals surface area (Å²) in [6.07, 6.45) is 8.19. The lowest BCUT2D eigenvalue weighted by molar-refractivity contribution is 0.358. The second-order valence-corrected chi connectivity index (χ2v) is 4.95. The molecule has 0 amide bonds. The van der Waals surface area contributed by atoms with Crippen LogP contribution in [0.1, 0.15) is 37.8 Å². The molecule has 2 aliphatic rings. The Labute approximate surface area is 101 Å². The highest BCUT2D eigenvalue weighted by atomic mass is 15.3. The molecule has 2 fully saturated rings. The highest BCUT2D eigenvalue weighted by Gasteiger charge is 2.36. The minimum absolute atomic E-state index is 0.468. The van der Waals surface area contributed by atoms with Crippen molar-refractivity contribution in [2.75, 3.05) is 11.4 Å². The molecule has 17 heavy (non-hydrogen) atoms. The maximum Gasteiger partial charge on any atom is 0.226 e. The molecule has 2 heterocycles. The molecule has 2 atom stereocenters. The lowest BCUT2D eigenvalue weighted by Gasteiger charge is -2.37. The second-order valence-electron chi connectivity index (χ2n) is 4.95. The van der Waals surface area contributed by atoms with Crippen molar-refractivity contribution in [3.8, 4) is 6.07 Å². The van der Waals surface area contributed by atoms with Gasteiger partial charge in [0, 0.05) is 18.8 Å². The second kappa shape index (κ2) is 4.33. The lowest BCUT2D eigenvalue weighted by atomic mass is 9.92. The molecule has 1 saturated heterocycles. The van der Waals surface area contributed by atoms with Gasteiger partial charge in [0.15, 0.2) is 0 Å². The van der Waals surface area contributed by atoms with Crippen LogP contribution < -0.4 is 4.90 Å². The summed E-state index contributed by atoms with van der Waals surface area (Å²) in [5, 5.41) is 8.89. The van der Waals surface area contributed by atoms with E-state index in [4.69, 9.17) is 5.26 Å². The molecule has 4 heteroatoms. The van der Waals surface area contributed by atoms with Gasteiger partial charge in [-0.15, -0.1) is 0 Å². The van der Waals surface area contributed by atoms with Gasteiger partial charge >= 0.3 is 0 Å². The largest absolute Gasteiger partial charge is 0.338 e. The number of aromatic nitrogens is 2. The summed E-state index contributed by atoms with van der Waals surface area (Å²) in [5.74, 6) is 1.57. The molecular weight excluding hydrogens is 212 g/mol. The molecule has 1 aliphatic heterocycles. The molecule has 1 saturated carbocycles. The first-order valence-electron chi connectivity index (χ1n) is 6.38. The average molecular weight is 228 g/mol. The first-order chi connectivity index (χ1) is 8.38. The van der Waals surface area contributed by atoms with Gasteiger partial charge in [0.2, 0.25) is 5.95 Å². The molecule has 0 N–H and O–H groups in total. The molecule has 3 rings (SSSR count). The Bertz CT molecular complexity index is 451. The molecule has 2 unspecified atom stereocenters. The number of anilines is 1. The maximum absolute atomic E-state index is 8.89. The standard InChI is InChI=1S/C13H16N4/c14-9-11-6-7-15-13(16-11)17-8-2-4-10-3-1-5-12(10)17/h6-7,10,12H,1-5,8H2. The molecule has 88 valence electrons. The van der Waals surface area contributed by atoms with Crippen molar-refractivity contribution in [1.82, 2.24) is 9.97 Å². The van der Waals surface area contributed by atoms with Gasteiger partial charge in [-0.2, -0.15) is 5.26 Å². The number of piperidine rings is 1. The van der Waals surface area contributed by atoms with Gasteiger partial charge < -0.3 is 4.90 Å². The molecule has 1 aromatic heterocycles. The fourth-order valence-electron chi connectivity index (χ4n) is 3.25. The summed E-state index contributed by atoms with van der Waals surface area (Å²) in [4.78, 5) is 11.0. The third-order valence-electron chi connectivity index (χ3n) is 4.01. The van der Waals surface area contributed by atoms with E-state index in [1.165, 1.54) is 32.1 Å². The van der Waals surface area contributed by atoms with Crippen LogP contribution in [0.25, 0.3) is 0 Å². The summed E-state index contributed by atoms with van der Waals surface area (Å²) < 4.78 is 0. The van der Waals surface area contributed by atoms with Crippen LogP contribution >= 0.6 is 0 Å². The van der Waals surface area contributed by atoms with E-state index in [2.05, 4.69) is 20.9 Å². The van der Waals surface area contributed by atoms with E-state index in [0.29, 0.717) is 11.7 Å².